The van der Waals surface area contributed by atoms with Gasteiger partial charge in [-0.15, -0.1) is 0 Å². The van der Waals surface area contributed by atoms with Gasteiger partial charge in [0.1, 0.15) is 5.76 Å². The molecule has 0 radical (unpaired) electrons. The number of hydrogen-bond donors (Lipinski definition) is 1. The first kappa shape index (κ1) is 14.1. The van der Waals surface area contributed by atoms with Crippen LogP contribution in [0.1, 0.15) is 19.1 Å². The molecule has 1 aromatic heterocycles. The van der Waals surface area contributed by atoms with Crippen LogP contribution in [0.2, 0.25) is 0 Å². The topological polar surface area (TPSA) is 56.9 Å². The first-order valence-corrected chi connectivity index (χ1v) is 6.73. The van der Waals surface area contributed by atoms with Gasteiger partial charge >= 0.3 is 0 Å². The summed E-state index contributed by atoms with van der Waals surface area (Å²) in [5.41, 5.74) is 0. The van der Waals surface area contributed by atoms with Crippen LogP contribution >= 0.6 is 0 Å². The Morgan fingerprint density at radius 2 is 2.42 bits per heavy atom. The molecule has 2 atom stereocenters. The molecule has 0 saturated carbocycles. The van der Waals surface area contributed by atoms with Crippen molar-refractivity contribution in [2.24, 2.45) is 5.92 Å². The average Bonchev–Trinajstić information content (AvgIpc) is 2.86. The molecule has 0 bridgehead atoms. The summed E-state index contributed by atoms with van der Waals surface area (Å²) < 4.78 is 5.23. The molecular weight excluding hydrogens is 244 g/mol. The van der Waals surface area contributed by atoms with Crippen molar-refractivity contribution in [1.82, 2.24) is 9.80 Å². The monoisotopic (exact) mass is 266 g/mol. The molecule has 2 rings (SSSR count). The highest BCUT2D eigenvalue weighted by Gasteiger charge is 2.26. The number of aliphatic hydroxyl groups excluding tert-OH is 1. The first-order chi connectivity index (χ1) is 9.06. The fourth-order valence-electron chi connectivity index (χ4n) is 2.29. The maximum atomic E-state index is 12.1. The van der Waals surface area contributed by atoms with E-state index in [-0.39, 0.29) is 12.0 Å². The largest absolute Gasteiger partial charge is 0.467 e. The number of piperidine rings is 1. The molecule has 1 aromatic rings. The summed E-state index contributed by atoms with van der Waals surface area (Å²) in [7, 11) is 1.77. The normalized spacial score (nSPS) is 24.4. The molecular formula is C14H22N2O3. The molecule has 19 heavy (non-hydrogen) atoms. The lowest BCUT2D eigenvalue weighted by Crippen LogP contribution is -2.47. The molecule has 1 aliphatic rings. The quantitative estimate of drug-likeness (QED) is 0.881. The smallest absolute Gasteiger partial charge is 0.236 e. The van der Waals surface area contributed by atoms with Crippen molar-refractivity contribution in [3.05, 3.63) is 24.2 Å². The van der Waals surface area contributed by atoms with Crippen LogP contribution < -0.4 is 0 Å². The standard InChI is InChI=1S/C14H22N2O3/c1-11-5-6-16(9-13(11)17)10-14(18)15(2)8-12-4-3-7-19-12/h3-4,7,11,13,17H,5-6,8-10H2,1-2H3. The number of carbonyl (C=O) groups excluding carboxylic acids is 1. The molecule has 0 spiro atoms. The van der Waals surface area contributed by atoms with E-state index in [4.69, 9.17) is 4.42 Å². The Kier molecular flexibility index (Phi) is 4.61. The Balaban J connectivity index is 1.80. The third-order valence-corrected chi connectivity index (χ3v) is 3.76. The highest BCUT2D eigenvalue weighted by molar-refractivity contribution is 5.77. The highest BCUT2D eigenvalue weighted by atomic mass is 16.3. The number of likely N-dealkylation sites (tertiary alicyclic amines) is 1. The van der Waals surface area contributed by atoms with Crippen molar-refractivity contribution in [3.63, 3.8) is 0 Å². The van der Waals surface area contributed by atoms with Crippen molar-refractivity contribution in [2.75, 3.05) is 26.7 Å². The molecule has 0 aliphatic carbocycles. The van der Waals surface area contributed by atoms with Gasteiger partial charge in [0.15, 0.2) is 0 Å². The van der Waals surface area contributed by atoms with Gasteiger partial charge in [0.2, 0.25) is 5.91 Å². The van der Waals surface area contributed by atoms with Gasteiger partial charge in [0, 0.05) is 13.6 Å². The number of hydrogen-bond acceptors (Lipinski definition) is 4. The van der Waals surface area contributed by atoms with Crippen molar-refractivity contribution in [3.8, 4) is 0 Å². The first-order valence-electron chi connectivity index (χ1n) is 6.73. The summed E-state index contributed by atoms with van der Waals surface area (Å²) in [6.07, 6.45) is 2.23. The van der Waals surface area contributed by atoms with Crippen LogP contribution in [0.3, 0.4) is 0 Å². The zero-order valence-electron chi connectivity index (χ0n) is 11.6. The minimum absolute atomic E-state index is 0.0538. The second-order valence-corrected chi connectivity index (χ2v) is 5.40. The number of likely N-dealkylation sites (N-methyl/N-ethyl adjacent to an activating group) is 1. The number of nitrogens with zero attached hydrogens (tertiary/aromatic N) is 2. The lowest BCUT2D eigenvalue weighted by atomic mass is 9.96. The van der Waals surface area contributed by atoms with Crippen LogP contribution in [0.5, 0.6) is 0 Å². The molecule has 2 unspecified atom stereocenters. The summed E-state index contributed by atoms with van der Waals surface area (Å²) in [5.74, 6) is 1.16. The molecule has 106 valence electrons. The second kappa shape index (κ2) is 6.21. The van der Waals surface area contributed by atoms with Gasteiger partial charge in [-0.2, -0.15) is 0 Å². The van der Waals surface area contributed by atoms with Crippen molar-refractivity contribution in [2.45, 2.75) is 26.0 Å². The van der Waals surface area contributed by atoms with E-state index in [1.54, 1.807) is 18.2 Å². The maximum absolute atomic E-state index is 12.1. The Bertz CT molecular complexity index is 405. The fourth-order valence-corrected chi connectivity index (χ4v) is 2.29. The highest BCUT2D eigenvalue weighted by Crippen LogP contribution is 2.16. The van der Waals surface area contributed by atoms with E-state index in [0.717, 1.165) is 18.7 Å². The Morgan fingerprint density at radius 3 is 3.05 bits per heavy atom. The number of carbonyl (C=O) groups is 1. The Labute approximate surface area is 113 Å². The number of furan rings is 1. The van der Waals surface area contributed by atoms with Crippen molar-refractivity contribution in [1.29, 1.82) is 0 Å². The van der Waals surface area contributed by atoms with E-state index in [9.17, 15) is 9.90 Å². The predicted molar refractivity (Wildman–Crippen MR) is 71.4 cm³/mol. The van der Waals surface area contributed by atoms with E-state index in [0.29, 0.717) is 25.6 Å². The maximum Gasteiger partial charge on any atom is 0.236 e. The van der Waals surface area contributed by atoms with Crippen LogP contribution in [0.15, 0.2) is 22.8 Å². The summed E-state index contributed by atoms with van der Waals surface area (Å²) in [6, 6.07) is 3.67. The molecule has 5 heteroatoms. The van der Waals surface area contributed by atoms with Gasteiger partial charge in [-0.25, -0.2) is 0 Å². The molecule has 1 N–H and O–H groups in total. The van der Waals surface area contributed by atoms with Gasteiger partial charge in [0.05, 0.1) is 25.5 Å². The van der Waals surface area contributed by atoms with E-state index in [1.165, 1.54) is 0 Å². The zero-order valence-corrected chi connectivity index (χ0v) is 11.6. The summed E-state index contributed by atoms with van der Waals surface area (Å²) in [5, 5.41) is 9.83. The zero-order chi connectivity index (χ0) is 13.8. The van der Waals surface area contributed by atoms with Crippen LogP contribution in [-0.2, 0) is 11.3 Å². The molecule has 1 amide bonds. The number of β-amino-alcohol motifs (C(OH)–C–C–N with tert-alkyl or cyclic N) is 1. The second-order valence-electron chi connectivity index (χ2n) is 5.40. The van der Waals surface area contributed by atoms with E-state index in [1.807, 2.05) is 24.0 Å². The van der Waals surface area contributed by atoms with Crippen LogP contribution in [0, 0.1) is 5.92 Å². The van der Waals surface area contributed by atoms with Gasteiger partial charge in [-0.05, 0) is 31.0 Å². The summed E-state index contributed by atoms with van der Waals surface area (Å²) in [4.78, 5) is 15.8. The van der Waals surface area contributed by atoms with Crippen molar-refractivity contribution >= 4 is 5.91 Å². The number of aliphatic hydroxyl groups is 1. The average molecular weight is 266 g/mol. The minimum atomic E-state index is -0.322. The van der Waals surface area contributed by atoms with Gasteiger partial charge < -0.3 is 14.4 Å². The van der Waals surface area contributed by atoms with Crippen LogP contribution in [0.4, 0.5) is 0 Å². The predicted octanol–water partition coefficient (Wildman–Crippen LogP) is 0.941. The van der Waals surface area contributed by atoms with E-state index < -0.39 is 0 Å². The SMILES string of the molecule is CC1CCN(CC(=O)N(C)Cc2ccco2)CC1O. The lowest BCUT2D eigenvalue weighted by molar-refractivity contribution is -0.132. The van der Waals surface area contributed by atoms with Gasteiger partial charge in [0.25, 0.3) is 0 Å². The molecule has 1 saturated heterocycles. The van der Waals surface area contributed by atoms with Crippen LogP contribution in [-0.4, -0.2) is 53.6 Å². The minimum Gasteiger partial charge on any atom is -0.467 e. The lowest BCUT2D eigenvalue weighted by Gasteiger charge is -2.34. The third-order valence-electron chi connectivity index (χ3n) is 3.76. The van der Waals surface area contributed by atoms with Gasteiger partial charge in [-0.1, -0.05) is 6.92 Å². The Morgan fingerprint density at radius 1 is 1.63 bits per heavy atom. The van der Waals surface area contributed by atoms with Gasteiger partial charge in [-0.3, -0.25) is 9.69 Å². The Hall–Kier alpha value is -1.33. The number of rotatable bonds is 4. The molecule has 2 heterocycles. The third kappa shape index (κ3) is 3.81. The van der Waals surface area contributed by atoms with E-state index in [2.05, 4.69) is 0 Å². The van der Waals surface area contributed by atoms with Crippen molar-refractivity contribution < 1.29 is 14.3 Å². The molecule has 1 fully saturated rings. The molecule has 1 aliphatic heterocycles. The molecule has 0 aromatic carbocycles. The summed E-state index contributed by atoms with van der Waals surface area (Å²) >= 11 is 0. The van der Waals surface area contributed by atoms with Crippen LogP contribution in [0.25, 0.3) is 0 Å². The summed E-state index contributed by atoms with van der Waals surface area (Å²) in [6.45, 7) is 4.35. The number of amides is 1. The molecule has 5 nitrogen and oxygen atoms in total. The fraction of sp³-hybridized carbons (Fsp3) is 0.643. The van der Waals surface area contributed by atoms with E-state index >= 15 is 0 Å².